The minimum atomic E-state index is -1.02. The fraction of sp³-hybridized carbons (Fsp3) is 0.556. The molecule has 1 saturated heterocycles. The Balaban J connectivity index is 2.00. The number of morpholine rings is 1. The van der Waals surface area contributed by atoms with Crippen molar-refractivity contribution in [2.45, 2.75) is 45.6 Å². The van der Waals surface area contributed by atoms with Gasteiger partial charge in [-0.3, -0.25) is 9.69 Å². The number of carbonyl (C=O) groups excluding carboxylic acids is 1. The van der Waals surface area contributed by atoms with Gasteiger partial charge in [0.05, 0.1) is 12.2 Å². The summed E-state index contributed by atoms with van der Waals surface area (Å²) in [5, 5.41) is 9.01. The summed E-state index contributed by atoms with van der Waals surface area (Å²) in [4.78, 5) is 26.9. The fourth-order valence-electron chi connectivity index (χ4n) is 2.97. The standard InChI is InChI=1S/C18H26N2O4/c1-12-9-20(10-13(2)24-12)11-15-5-7-16(8-6-15)17(21)19(4)14(3)18(22)23/h5-8,12-14H,9-11H2,1-4H3,(H,22,23). The maximum Gasteiger partial charge on any atom is 0.326 e. The number of benzene rings is 1. The number of rotatable bonds is 5. The van der Waals surface area contributed by atoms with Crippen LogP contribution in [0.15, 0.2) is 24.3 Å². The molecule has 1 N–H and O–H groups in total. The minimum absolute atomic E-state index is 0.223. The van der Waals surface area contributed by atoms with Gasteiger partial charge in [-0.25, -0.2) is 4.79 Å². The molecular formula is C18H26N2O4. The molecule has 0 spiro atoms. The summed E-state index contributed by atoms with van der Waals surface area (Å²) in [6, 6.07) is 6.52. The van der Waals surface area contributed by atoms with E-state index in [1.165, 1.54) is 18.9 Å². The molecule has 1 aliphatic rings. The second-order valence-corrected chi connectivity index (χ2v) is 6.58. The van der Waals surface area contributed by atoms with Gasteiger partial charge in [-0.15, -0.1) is 0 Å². The summed E-state index contributed by atoms with van der Waals surface area (Å²) < 4.78 is 5.73. The topological polar surface area (TPSA) is 70.1 Å². The molecule has 0 radical (unpaired) electrons. The van der Waals surface area contributed by atoms with Gasteiger partial charge < -0.3 is 14.7 Å². The zero-order valence-electron chi connectivity index (χ0n) is 14.7. The Hall–Kier alpha value is -1.92. The van der Waals surface area contributed by atoms with Gasteiger partial charge in [-0.1, -0.05) is 12.1 Å². The van der Waals surface area contributed by atoms with Crippen LogP contribution in [-0.2, 0) is 16.1 Å². The lowest BCUT2D eigenvalue weighted by atomic mass is 10.1. The smallest absolute Gasteiger partial charge is 0.326 e. The molecule has 6 heteroatoms. The Morgan fingerprint density at radius 3 is 2.29 bits per heavy atom. The van der Waals surface area contributed by atoms with Gasteiger partial charge in [0.15, 0.2) is 0 Å². The average Bonchev–Trinajstić information content (AvgIpc) is 2.52. The largest absolute Gasteiger partial charge is 0.480 e. The lowest BCUT2D eigenvalue weighted by Gasteiger charge is -2.35. The molecule has 132 valence electrons. The van der Waals surface area contributed by atoms with E-state index in [1.807, 2.05) is 12.1 Å². The van der Waals surface area contributed by atoms with Gasteiger partial charge in [0.1, 0.15) is 6.04 Å². The van der Waals surface area contributed by atoms with Crippen molar-refractivity contribution in [3.8, 4) is 0 Å². The third-order valence-corrected chi connectivity index (χ3v) is 4.36. The van der Waals surface area contributed by atoms with E-state index < -0.39 is 12.0 Å². The Morgan fingerprint density at radius 2 is 1.79 bits per heavy atom. The average molecular weight is 334 g/mol. The second-order valence-electron chi connectivity index (χ2n) is 6.58. The first-order valence-corrected chi connectivity index (χ1v) is 8.24. The van der Waals surface area contributed by atoms with Crippen molar-refractivity contribution in [3.05, 3.63) is 35.4 Å². The molecule has 0 aliphatic carbocycles. The van der Waals surface area contributed by atoms with E-state index in [9.17, 15) is 9.59 Å². The lowest BCUT2D eigenvalue weighted by molar-refractivity contribution is -0.141. The SMILES string of the molecule is CC1CN(Cc2ccc(C(=O)N(C)C(C)C(=O)O)cc2)CC(C)O1. The summed E-state index contributed by atoms with van der Waals surface area (Å²) >= 11 is 0. The van der Waals surface area contributed by atoms with Crippen LogP contribution in [0.4, 0.5) is 0 Å². The third-order valence-electron chi connectivity index (χ3n) is 4.36. The minimum Gasteiger partial charge on any atom is -0.480 e. The highest BCUT2D eigenvalue weighted by atomic mass is 16.5. The van der Waals surface area contributed by atoms with Crippen LogP contribution in [0.25, 0.3) is 0 Å². The van der Waals surface area contributed by atoms with E-state index in [0.717, 1.165) is 25.2 Å². The number of carbonyl (C=O) groups is 2. The molecule has 2 rings (SSSR count). The molecule has 1 heterocycles. The van der Waals surface area contributed by atoms with Crippen LogP contribution in [-0.4, -0.2) is 65.2 Å². The van der Waals surface area contributed by atoms with E-state index in [4.69, 9.17) is 9.84 Å². The molecule has 1 amide bonds. The van der Waals surface area contributed by atoms with Crippen LogP contribution in [0.5, 0.6) is 0 Å². The normalized spacial score (nSPS) is 22.8. The zero-order valence-corrected chi connectivity index (χ0v) is 14.7. The van der Waals surface area contributed by atoms with Crippen molar-refractivity contribution in [1.82, 2.24) is 9.80 Å². The van der Waals surface area contributed by atoms with Crippen LogP contribution >= 0.6 is 0 Å². The molecule has 0 bridgehead atoms. The molecule has 1 fully saturated rings. The van der Waals surface area contributed by atoms with E-state index in [0.29, 0.717) is 5.56 Å². The highest BCUT2D eigenvalue weighted by molar-refractivity contribution is 5.96. The molecule has 0 aromatic heterocycles. The van der Waals surface area contributed by atoms with Gasteiger partial charge in [-0.2, -0.15) is 0 Å². The zero-order chi connectivity index (χ0) is 17.9. The monoisotopic (exact) mass is 334 g/mol. The summed E-state index contributed by atoms with van der Waals surface area (Å²) in [7, 11) is 1.51. The Kier molecular flexibility index (Phi) is 5.96. The maximum absolute atomic E-state index is 12.3. The Bertz CT molecular complexity index is 577. The number of likely N-dealkylation sites (N-methyl/N-ethyl adjacent to an activating group) is 1. The third kappa shape index (κ3) is 4.55. The quantitative estimate of drug-likeness (QED) is 0.890. The highest BCUT2D eigenvalue weighted by Gasteiger charge is 2.24. The number of nitrogens with zero attached hydrogens (tertiary/aromatic N) is 2. The van der Waals surface area contributed by atoms with Crippen LogP contribution in [0.3, 0.4) is 0 Å². The second kappa shape index (κ2) is 7.77. The molecule has 24 heavy (non-hydrogen) atoms. The van der Waals surface area contributed by atoms with Gasteiger partial charge in [0.25, 0.3) is 5.91 Å². The summed E-state index contributed by atoms with van der Waals surface area (Å²) in [6.07, 6.45) is 0.446. The van der Waals surface area contributed by atoms with Crippen LogP contribution in [0.1, 0.15) is 36.7 Å². The summed E-state index contributed by atoms with van der Waals surface area (Å²) in [5.74, 6) is -1.30. The van der Waals surface area contributed by atoms with Crippen molar-refractivity contribution in [2.75, 3.05) is 20.1 Å². The van der Waals surface area contributed by atoms with Crippen LogP contribution < -0.4 is 0 Å². The first kappa shape index (κ1) is 18.4. The van der Waals surface area contributed by atoms with Gasteiger partial charge in [-0.05, 0) is 38.5 Å². The molecular weight excluding hydrogens is 308 g/mol. The van der Waals surface area contributed by atoms with E-state index in [1.54, 1.807) is 12.1 Å². The van der Waals surface area contributed by atoms with Gasteiger partial charge >= 0.3 is 5.97 Å². The van der Waals surface area contributed by atoms with Crippen molar-refractivity contribution in [1.29, 1.82) is 0 Å². The number of aliphatic carboxylic acids is 1. The van der Waals surface area contributed by atoms with E-state index >= 15 is 0 Å². The molecule has 3 atom stereocenters. The van der Waals surface area contributed by atoms with Crippen LogP contribution in [0, 0.1) is 0 Å². The van der Waals surface area contributed by atoms with Crippen LogP contribution in [0.2, 0.25) is 0 Å². The molecule has 3 unspecified atom stereocenters. The maximum atomic E-state index is 12.3. The van der Waals surface area contributed by atoms with E-state index in [2.05, 4.69) is 18.7 Å². The van der Waals surface area contributed by atoms with Gasteiger partial charge in [0.2, 0.25) is 0 Å². The van der Waals surface area contributed by atoms with E-state index in [-0.39, 0.29) is 18.1 Å². The number of ether oxygens (including phenoxy) is 1. The first-order chi connectivity index (χ1) is 11.3. The number of hydrogen-bond acceptors (Lipinski definition) is 4. The predicted molar refractivity (Wildman–Crippen MR) is 90.9 cm³/mol. The number of amides is 1. The predicted octanol–water partition coefficient (Wildman–Crippen LogP) is 1.84. The number of carboxylic acids is 1. The lowest BCUT2D eigenvalue weighted by Crippen LogP contribution is -2.44. The van der Waals surface area contributed by atoms with Crippen molar-refractivity contribution < 1.29 is 19.4 Å². The fourth-order valence-corrected chi connectivity index (χ4v) is 2.97. The molecule has 1 aromatic rings. The van der Waals surface area contributed by atoms with Gasteiger partial charge in [0, 0.05) is 32.2 Å². The number of carboxylic acid groups (broad SMARTS) is 1. The van der Waals surface area contributed by atoms with Crippen molar-refractivity contribution in [2.24, 2.45) is 0 Å². The number of hydrogen-bond donors (Lipinski definition) is 1. The summed E-state index contributed by atoms with van der Waals surface area (Å²) in [5.41, 5.74) is 1.62. The first-order valence-electron chi connectivity index (χ1n) is 8.24. The summed E-state index contributed by atoms with van der Waals surface area (Å²) in [6.45, 7) is 8.24. The molecule has 1 aliphatic heterocycles. The Morgan fingerprint density at radius 1 is 1.25 bits per heavy atom. The molecule has 1 aromatic carbocycles. The van der Waals surface area contributed by atoms with Crippen molar-refractivity contribution >= 4 is 11.9 Å². The Labute approximate surface area is 143 Å². The molecule has 0 saturated carbocycles. The molecule has 6 nitrogen and oxygen atoms in total. The van der Waals surface area contributed by atoms with Crippen molar-refractivity contribution in [3.63, 3.8) is 0 Å². The highest BCUT2D eigenvalue weighted by Crippen LogP contribution is 2.15.